The fraction of sp³-hybridized carbons (Fsp3) is 0.0714. The number of carbonyl (C=O) groups is 1. The summed E-state index contributed by atoms with van der Waals surface area (Å²) in [4.78, 5) is 10.7. The number of benzene rings is 2. The molecule has 0 radical (unpaired) electrons. The predicted octanol–water partition coefficient (Wildman–Crippen LogP) is 3.77. The monoisotopic (exact) mass is 282 g/mol. The molecule has 0 aliphatic rings. The lowest BCUT2D eigenvalue weighted by atomic mass is 10.0. The molecule has 0 aromatic heterocycles. The fourth-order valence-electron chi connectivity index (χ4n) is 1.72. The molecule has 0 bridgehead atoms. The lowest BCUT2D eigenvalue weighted by Gasteiger charge is -2.11. The Morgan fingerprint density at radius 1 is 1.10 bits per heavy atom. The van der Waals surface area contributed by atoms with Gasteiger partial charge in [0.2, 0.25) is 0 Å². The lowest BCUT2D eigenvalue weighted by Crippen LogP contribution is -2.17. The molecule has 2 rings (SSSR count). The van der Waals surface area contributed by atoms with Crippen LogP contribution in [0.1, 0.15) is 10.4 Å². The zero-order valence-electron chi connectivity index (χ0n) is 10.0. The van der Waals surface area contributed by atoms with Crippen molar-refractivity contribution >= 4 is 6.29 Å². The highest BCUT2D eigenvalue weighted by atomic mass is 19.4. The van der Waals surface area contributed by atoms with E-state index in [1.165, 1.54) is 30.3 Å². The van der Waals surface area contributed by atoms with Gasteiger partial charge in [-0.3, -0.25) is 4.79 Å². The van der Waals surface area contributed by atoms with Gasteiger partial charge in [0.15, 0.2) is 0 Å². The van der Waals surface area contributed by atoms with Gasteiger partial charge >= 0.3 is 6.36 Å². The number of alkyl halides is 3. The number of aromatic hydroxyl groups is 1. The van der Waals surface area contributed by atoms with E-state index in [-0.39, 0.29) is 11.3 Å². The zero-order valence-corrected chi connectivity index (χ0v) is 10.0. The van der Waals surface area contributed by atoms with Gasteiger partial charge in [-0.1, -0.05) is 12.1 Å². The number of halogens is 3. The van der Waals surface area contributed by atoms with Crippen LogP contribution in [0, 0.1) is 0 Å². The van der Waals surface area contributed by atoms with Crippen LogP contribution >= 0.6 is 0 Å². The summed E-state index contributed by atoms with van der Waals surface area (Å²) >= 11 is 0. The third-order valence-electron chi connectivity index (χ3n) is 2.54. The number of hydrogen-bond acceptors (Lipinski definition) is 3. The average molecular weight is 282 g/mol. The van der Waals surface area contributed by atoms with E-state index in [2.05, 4.69) is 4.74 Å². The van der Waals surface area contributed by atoms with Crippen LogP contribution in [0.5, 0.6) is 11.5 Å². The summed E-state index contributed by atoms with van der Waals surface area (Å²) in [5.41, 5.74) is 0.870. The molecule has 0 saturated carbocycles. The van der Waals surface area contributed by atoms with Gasteiger partial charge < -0.3 is 9.84 Å². The summed E-state index contributed by atoms with van der Waals surface area (Å²) in [6, 6.07) is 9.25. The molecule has 104 valence electrons. The second kappa shape index (κ2) is 5.24. The molecule has 0 unspecified atom stereocenters. The van der Waals surface area contributed by atoms with Crippen LogP contribution < -0.4 is 4.74 Å². The Kier molecular flexibility index (Phi) is 3.65. The molecule has 0 heterocycles. The highest BCUT2D eigenvalue weighted by molar-refractivity contribution is 5.81. The van der Waals surface area contributed by atoms with Crippen molar-refractivity contribution in [3.05, 3.63) is 48.0 Å². The summed E-state index contributed by atoms with van der Waals surface area (Å²) in [6.07, 6.45) is -4.20. The number of rotatable bonds is 3. The third-order valence-corrected chi connectivity index (χ3v) is 2.54. The van der Waals surface area contributed by atoms with Gasteiger partial charge in [-0.25, -0.2) is 0 Å². The Bertz CT molecular complexity index is 636. The molecule has 0 spiro atoms. The Morgan fingerprint density at radius 3 is 2.50 bits per heavy atom. The van der Waals surface area contributed by atoms with Crippen molar-refractivity contribution in [3.63, 3.8) is 0 Å². The first-order chi connectivity index (χ1) is 9.39. The molecule has 0 aliphatic heterocycles. The van der Waals surface area contributed by atoms with E-state index in [1.54, 1.807) is 0 Å². The van der Waals surface area contributed by atoms with E-state index in [0.29, 0.717) is 17.4 Å². The van der Waals surface area contributed by atoms with Gasteiger partial charge in [-0.15, -0.1) is 13.2 Å². The van der Waals surface area contributed by atoms with E-state index in [9.17, 15) is 23.1 Å². The van der Waals surface area contributed by atoms with Crippen molar-refractivity contribution in [3.8, 4) is 22.6 Å². The van der Waals surface area contributed by atoms with E-state index in [4.69, 9.17) is 0 Å². The molecular formula is C14H9F3O3. The average Bonchev–Trinajstić information content (AvgIpc) is 2.37. The lowest BCUT2D eigenvalue weighted by molar-refractivity contribution is -0.274. The summed E-state index contributed by atoms with van der Waals surface area (Å²) in [7, 11) is 0. The van der Waals surface area contributed by atoms with Crippen LogP contribution in [0.3, 0.4) is 0 Å². The smallest absolute Gasteiger partial charge is 0.507 e. The van der Waals surface area contributed by atoms with Crippen LogP contribution in [0.15, 0.2) is 42.5 Å². The Morgan fingerprint density at radius 2 is 1.85 bits per heavy atom. The Labute approximate surface area is 112 Å². The largest absolute Gasteiger partial charge is 0.573 e. The van der Waals surface area contributed by atoms with Crippen LogP contribution in [-0.4, -0.2) is 17.8 Å². The van der Waals surface area contributed by atoms with E-state index in [0.717, 1.165) is 12.1 Å². The maximum absolute atomic E-state index is 12.2. The van der Waals surface area contributed by atoms with Gasteiger partial charge in [0, 0.05) is 11.1 Å². The first-order valence-electron chi connectivity index (χ1n) is 5.53. The van der Waals surface area contributed by atoms with Crippen molar-refractivity contribution in [2.45, 2.75) is 6.36 Å². The van der Waals surface area contributed by atoms with Crippen LogP contribution in [-0.2, 0) is 0 Å². The normalized spacial score (nSPS) is 11.2. The van der Waals surface area contributed by atoms with Crippen molar-refractivity contribution < 1.29 is 27.8 Å². The van der Waals surface area contributed by atoms with E-state index < -0.39 is 12.1 Å². The van der Waals surface area contributed by atoms with E-state index in [1.807, 2.05) is 0 Å². The number of hydrogen-bond donors (Lipinski definition) is 1. The highest BCUT2D eigenvalue weighted by Crippen LogP contribution is 2.33. The van der Waals surface area contributed by atoms with Gasteiger partial charge in [-0.05, 0) is 35.9 Å². The Balaban J connectivity index is 2.43. The number of carbonyl (C=O) groups excluding carboxylic acids is 1. The second-order valence-electron chi connectivity index (χ2n) is 3.97. The summed E-state index contributed by atoms with van der Waals surface area (Å²) in [5.74, 6) is -0.536. The molecule has 0 saturated heterocycles. The maximum Gasteiger partial charge on any atom is 0.573 e. The van der Waals surface area contributed by atoms with Crippen molar-refractivity contribution in [2.24, 2.45) is 0 Å². The summed E-state index contributed by atoms with van der Waals surface area (Å²) in [5, 5.41) is 9.73. The third kappa shape index (κ3) is 3.28. The van der Waals surface area contributed by atoms with Gasteiger partial charge in [0.25, 0.3) is 0 Å². The fourth-order valence-corrected chi connectivity index (χ4v) is 1.72. The zero-order chi connectivity index (χ0) is 14.8. The number of aldehydes is 1. The molecule has 0 amide bonds. The minimum atomic E-state index is -4.79. The standard InChI is InChI=1S/C14H9F3O3/c15-14(16,17)20-11-3-1-2-10(7-11)12-6-9(8-18)4-5-13(12)19/h1-8,19H. The number of phenols is 1. The maximum atomic E-state index is 12.2. The first kappa shape index (κ1) is 13.9. The number of ether oxygens (including phenoxy) is 1. The van der Waals surface area contributed by atoms with Crippen molar-refractivity contribution in [1.29, 1.82) is 0 Å². The summed E-state index contributed by atoms with van der Waals surface area (Å²) < 4.78 is 40.3. The first-order valence-corrected chi connectivity index (χ1v) is 5.53. The van der Waals surface area contributed by atoms with Crippen molar-refractivity contribution in [1.82, 2.24) is 0 Å². The molecule has 0 aliphatic carbocycles. The molecule has 2 aromatic carbocycles. The van der Waals surface area contributed by atoms with E-state index >= 15 is 0 Å². The molecule has 0 fully saturated rings. The molecule has 3 nitrogen and oxygen atoms in total. The van der Waals surface area contributed by atoms with Gasteiger partial charge in [0.05, 0.1) is 0 Å². The Hall–Kier alpha value is -2.50. The predicted molar refractivity (Wildman–Crippen MR) is 65.6 cm³/mol. The van der Waals surface area contributed by atoms with Crippen molar-refractivity contribution in [2.75, 3.05) is 0 Å². The van der Waals surface area contributed by atoms with Crippen LogP contribution in [0.25, 0.3) is 11.1 Å². The molecule has 20 heavy (non-hydrogen) atoms. The number of phenolic OH excluding ortho intramolecular Hbond substituents is 1. The molecule has 6 heteroatoms. The topological polar surface area (TPSA) is 46.5 Å². The van der Waals surface area contributed by atoms with Crippen LogP contribution in [0.4, 0.5) is 13.2 Å². The molecular weight excluding hydrogens is 273 g/mol. The molecule has 1 N–H and O–H groups in total. The minimum absolute atomic E-state index is 0.139. The molecule has 2 aromatic rings. The SMILES string of the molecule is O=Cc1ccc(O)c(-c2cccc(OC(F)(F)F)c2)c1. The minimum Gasteiger partial charge on any atom is -0.507 e. The van der Waals surface area contributed by atoms with Crippen LogP contribution in [0.2, 0.25) is 0 Å². The van der Waals surface area contributed by atoms with Gasteiger partial charge in [0.1, 0.15) is 17.8 Å². The second-order valence-corrected chi connectivity index (χ2v) is 3.97. The van der Waals surface area contributed by atoms with Gasteiger partial charge in [-0.2, -0.15) is 0 Å². The summed E-state index contributed by atoms with van der Waals surface area (Å²) in [6.45, 7) is 0. The quantitative estimate of drug-likeness (QED) is 0.872. The molecule has 0 atom stereocenters. The highest BCUT2D eigenvalue weighted by Gasteiger charge is 2.31.